The number of nitrogens with zero attached hydrogens (tertiary/aromatic N) is 7. The van der Waals surface area contributed by atoms with Crippen LogP contribution in [-0.2, 0) is 17.1 Å². The fraction of sp³-hybridized carbons (Fsp3) is 0.435. The number of aryl methyl sites for hydroxylation is 3. The summed E-state index contributed by atoms with van der Waals surface area (Å²) in [4.78, 5) is 11.0. The molecule has 0 bridgehead atoms. The van der Waals surface area contributed by atoms with Gasteiger partial charge in [-0.25, -0.2) is 18.4 Å². The zero-order chi connectivity index (χ0) is 27.7. The van der Waals surface area contributed by atoms with Gasteiger partial charge in [0.15, 0.2) is 0 Å². The number of anilines is 2. The lowest BCUT2D eigenvalue weighted by Crippen LogP contribution is -2.51. The summed E-state index contributed by atoms with van der Waals surface area (Å²) in [5.74, 6) is 0.526. The molecule has 3 heterocycles. The molecule has 0 aliphatic carbocycles. The van der Waals surface area contributed by atoms with Crippen molar-refractivity contribution in [2.45, 2.75) is 37.5 Å². The Kier molecular flexibility index (Phi) is 7.80. The molecule has 3 aromatic rings. The lowest BCUT2D eigenvalue weighted by atomic mass is 9.94. The molecule has 1 aliphatic heterocycles. The maximum Gasteiger partial charge on any atom is 0.390 e. The van der Waals surface area contributed by atoms with Crippen LogP contribution in [0.3, 0.4) is 0 Å². The standard InChI is InChI=1S/C23H28F3N9O2S/c1-15-8-19(31-21-9-16(2)28-14-29-21)17(11-27)10-18(15)20-13-35(7-6-34(20)5-4-23(24,25)26)38(36,37)22-12-30-33(3)32-22/h8-12,14,20,27H,4-7,13H2,1-3H3,(H,28,29,31). The molecule has 1 atom stereocenters. The van der Waals surface area contributed by atoms with Crippen molar-refractivity contribution >= 4 is 27.7 Å². The van der Waals surface area contributed by atoms with Crippen LogP contribution >= 0.6 is 0 Å². The second-order valence-corrected chi connectivity index (χ2v) is 10.9. The Morgan fingerprint density at radius 1 is 1.18 bits per heavy atom. The number of piperazine rings is 1. The maximum absolute atomic E-state index is 13.2. The zero-order valence-corrected chi connectivity index (χ0v) is 21.9. The fourth-order valence-corrected chi connectivity index (χ4v) is 5.74. The highest BCUT2D eigenvalue weighted by molar-refractivity contribution is 7.89. The predicted octanol–water partition coefficient (Wildman–Crippen LogP) is 2.96. The molecule has 0 saturated carbocycles. The van der Waals surface area contributed by atoms with Crippen molar-refractivity contribution in [3.05, 3.63) is 53.1 Å². The van der Waals surface area contributed by atoms with Crippen LogP contribution < -0.4 is 5.32 Å². The Bertz CT molecular complexity index is 1430. The van der Waals surface area contributed by atoms with Gasteiger partial charge in [-0.2, -0.15) is 27.4 Å². The highest BCUT2D eigenvalue weighted by Gasteiger charge is 2.38. The summed E-state index contributed by atoms with van der Waals surface area (Å²) in [6.45, 7) is 3.37. The summed E-state index contributed by atoms with van der Waals surface area (Å²) in [6, 6.07) is 4.56. The molecule has 0 radical (unpaired) electrons. The molecular weight excluding hydrogens is 523 g/mol. The first-order valence-electron chi connectivity index (χ1n) is 11.8. The van der Waals surface area contributed by atoms with Crippen LogP contribution in [0.5, 0.6) is 0 Å². The van der Waals surface area contributed by atoms with Gasteiger partial charge < -0.3 is 10.7 Å². The predicted molar refractivity (Wildman–Crippen MR) is 134 cm³/mol. The van der Waals surface area contributed by atoms with Gasteiger partial charge in [0.25, 0.3) is 10.0 Å². The van der Waals surface area contributed by atoms with Crippen LogP contribution in [0.1, 0.15) is 34.8 Å². The fourth-order valence-electron chi connectivity index (χ4n) is 4.41. The summed E-state index contributed by atoms with van der Waals surface area (Å²) in [5.41, 5.74) is 3.17. The van der Waals surface area contributed by atoms with E-state index < -0.39 is 28.7 Å². The van der Waals surface area contributed by atoms with Crippen LogP contribution in [-0.4, -0.2) is 81.2 Å². The summed E-state index contributed by atoms with van der Waals surface area (Å²) in [7, 11) is -2.51. The first-order chi connectivity index (χ1) is 17.9. The highest BCUT2D eigenvalue weighted by atomic mass is 32.2. The lowest BCUT2D eigenvalue weighted by Gasteiger charge is -2.41. The van der Waals surface area contributed by atoms with Crippen LogP contribution in [0, 0.1) is 19.3 Å². The van der Waals surface area contributed by atoms with E-state index >= 15 is 0 Å². The van der Waals surface area contributed by atoms with E-state index in [2.05, 4.69) is 25.5 Å². The molecule has 2 aromatic heterocycles. The van der Waals surface area contributed by atoms with Crippen LogP contribution in [0.15, 0.2) is 35.7 Å². The summed E-state index contributed by atoms with van der Waals surface area (Å²) < 4.78 is 67.1. The van der Waals surface area contributed by atoms with Crippen molar-refractivity contribution in [1.29, 1.82) is 5.41 Å². The Morgan fingerprint density at radius 3 is 2.58 bits per heavy atom. The summed E-state index contributed by atoms with van der Waals surface area (Å²) in [5, 5.41) is 18.6. The average molecular weight is 552 g/mol. The van der Waals surface area contributed by atoms with Gasteiger partial charge in [0.2, 0.25) is 5.03 Å². The van der Waals surface area contributed by atoms with Crippen molar-refractivity contribution in [3.8, 4) is 0 Å². The van der Waals surface area contributed by atoms with Crippen molar-refractivity contribution in [1.82, 2.24) is 34.2 Å². The van der Waals surface area contributed by atoms with Crippen LogP contribution in [0.25, 0.3) is 0 Å². The number of rotatable bonds is 8. The molecule has 1 aromatic carbocycles. The minimum atomic E-state index is -4.36. The third-order valence-electron chi connectivity index (χ3n) is 6.34. The SMILES string of the molecule is Cc1cc(Nc2cc(C)c(C3CN(S(=O)(=O)c4cnn(C)n4)CCN3CCC(F)(F)F)cc2C=N)ncn1. The van der Waals surface area contributed by atoms with E-state index in [-0.39, 0.29) is 31.2 Å². The van der Waals surface area contributed by atoms with Gasteiger partial charge in [-0.1, -0.05) is 0 Å². The number of sulfonamides is 1. The van der Waals surface area contributed by atoms with Crippen LogP contribution in [0.2, 0.25) is 0 Å². The Labute approximate surface area is 218 Å². The lowest BCUT2D eigenvalue weighted by molar-refractivity contribution is -0.140. The molecule has 15 heteroatoms. The first-order valence-corrected chi connectivity index (χ1v) is 13.2. The molecular formula is C23H28F3N9O2S. The molecule has 0 amide bonds. The van der Waals surface area contributed by atoms with Gasteiger partial charge in [0, 0.05) is 68.5 Å². The molecule has 1 aliphatic rings. The third-order valence-corrected chi connectivity index (χ3v) is 8.07. The van der Waals surface area contributed by atoms with Crippen molar-refractivity contribution in [3.63, 3.8) is 0 Å². The largest absolute Gasteiger partial charge is 0.390 e. The molecule has 0 spiro atoms. The van der Waals surface area contributed by atoms with Gasteiger partial charge in [-0.05, 0) is 37.1 Å². The van der Waals surface area contributed by atoms with E-state index in [0.29, 0.717) is 22.6 Å². The van der Waals surface area contributed by atoms with Gasteiger partial charge in [-0.3, -0.25) is 4.90 Å². The summed E-state index contributed by atoms with van der Waals surface area (Å²) in [6.07, 6.45) is -1.68. The van der Waals surface area contributed by atoms with E-state index in [4.69, 9.17) is 5.41 Å². The van der Waals surface area contributed by atoms with Gasteiger partial charge in [0.1, 0.15) is 12.1 Å². The Hall–Kier alpha value is -3.43. The van der Waals surface area contributed by atoms with Gasteiger partial charge in [0.05, 0.1) is 12.6 Å². The quantitative estimate of drug-likeness (QED) is 0.409. The zero-order valence-electron chi connectivity index (χ0n) is 21.1. The number of halogens is 3. The van der Waals surface area contributed by atoms with E-state index in [9.17, 15) is 21.6 Å². The second kappa shape index (κ2) is 10.7. The number of alkyl halides is 3. The minimum absolute atomic E-state index is 0.0104. The number of aromatic nitrogens is 5. The molecule has 38 heavy (non-hydrogen) atoms. The smallest absolute Gasteiger partial charge is 0.340 e. The Morgan fingerprint density at radius 2 is 1.95 bits per heavy atom. The highest BCUT2D eigenvalue weighted by Crippen LogP contribution is 2.34. The van der Waals surface area contributed by atoms with Crippen molar-refractivity contribution in [2.24, 2.45) is 7.05 Å². The first kappa shape index (κ1) is 27.6. The monoisotopic (exact) mass is 551 g/mol. The number of nitrogens with one attached hydrogen (secondary N) is 2. The number of benzene rings is 1. The second-order valence-electron chi connectivity index (χ2n) is 9.06. The van der Waals surface area contributed by atoms with Crippen molar-refractivity contribution in [2.75, 3.05) is 31.5 Å². The van der Waals surface area contributed by atoms with E-state index in [1.807, 2.05) is 6.92 Å². The third kappa shape index (κ3) is 6.16. The Balaban J connectivity index is 1.70. The topological polar surface area (TPSA) is 133 Å². The van der Waals surface area contributed by atoms with E-state index in [1.165, 1.54) is 17.7 Å². The minimum Gasteiger partial charge on any atom is -0.340 e. The van der Waals surface area contributed by atoms with Gasteiger partial charge >= 0.3 is 6.18 Å². The normalized spacial score (nSPS) is 17.5. The van der Waals surface area contributed by atoms with Crippen LogP contribution in [0.4, 0.5) is 24.7 Å². The maximum atomic E-state index is 13.2. The van der Waals surface area contributed by atoms with E-state index in [1.54, 1.807) is 30.0 Å². The van der Waals surface area contributed by atoms with E-state index in [0.717, 1.165) is 28.5 Å². The van der Waals surface area contributed by atoms with Gasteiger partial charge in [-0.15, -0.1) is 5.10 Å². The molecule has 1 unspecified atom stereocenters. The molecule has 4 rings (SSSR count). The molecule has 1 fully saturated rings. The number of hydrogen-bond donors (Lipinski definition) is 2. The summed E-state index contributed by atoms with van der Waals surface area (Å²) >= 11 is 0. The van der Waals surface area contributed by atoms with Crippen molar-refractivity contribution < 1.29 is 21.6 Å². The molecule has 2 N–H and O–H groups in total. The molecule has 204 valence electrons. The molecule has 1 saturated heterocycles. The average Bonchev–Trinajstić information content (AvgIpc) is 3.29. The number of hydrogen-bond acceptors (Lipinski definition) is 9. The molecule has 11 nitrogen and oxygen atoms in total.